The maximum atomic E-state index is 12.6. The highest BCUT2D eigenvalue weighted by Crippen LogP contribution is 2.29. The molecule has 5 nitrogen and oxygen atoms in total. The number of rotatable bonds is 8. The fourth-order valence-corrected chi connectivity index (χ4v) is 3.56. The molecular weight excluding hydrogens is 364 g/mol. The van der Waals surface area contributed by atoms with E-state index in [4.69, 9.17) is 9.47 Å². The van der Waals surface area contributed by atoms with Crippen molar-refractivity contribution in [3.05, 3.63) is 59.7 Å². The highest BCUT2D eigenvalue weighted by Gasteiger charge is 2.20. The van der Waals surface area contributed by atoms with Crippen LogP contribution in [-0.4, -0.2) is 49.5 Å². The summed E-state index contributed by atoms with van der Waals surface area (Å²) in [7, 11) is 3.50. The third-order valence-electron chi connectivity index (χ3n) is 5.55. The molecular formula is C24H32N2O3. The molecule has 0 N–H and O–H groups in total. The Morgan fingerprint density at radius 2 is 1.79 bits per heavy atom. The van der Waals surface area contributed by atoms with E-state index in [1.165, 1.54) is 12.8 Å². The summed E-state index contributed by atoms with van der Waals surface area (Å²) in [5.74, 6) is 2.32. The number of nitrogens with zero attached hydrogens (tertiary/aromatic N) is 2. The standard InChI is InChI=1S/C24H32N2O3/c1-19-11-13-26(14-12-19)17-24(27)25(2)16-21-9-10-22(23(15-21)28-3)29-18-20-7-5-4-6-8-20/h4-10,15,19H,11-14,16-18H2,1-3H3. The van der Waals surface area contributed by atoms with Gasteiger partial charge < -0.3 is 14.4 Å². The molecule has 0 aliphatic carbocycles. The van der Waals surface area contributed by atoms with Crippen molar-refractivity contribution in [1.29, 1.82) is 0 Å². The summed E-state index contributed by atoms with van der Waals surface area (Å²) in [6.45, 7) is 5.86. The highest BCUT2D eigenvalue weighted by atomic mass is 16.5. The van der Waals surface area contributed by atoms with E-state index < -0.39 is 0 Å². The average molecular weight is 397 g/mol. The van der Waals surface area contributed by atoms with Crippen molar-refractivity contribution in [3.8, 4) is 11.5 Å². The summed E-state index contributed by atoms with van der Waals surface area (Å²) >= 11 is 0. The molecule has 0 spiro atoms. The zero-order chi connectivity index (χ0) is 20.6. The Labute approximate surface area is 174 Å². The number of piperidine rings is 1. The van der Waals surface area contributed by atoms with Crippen LogP contribution in [0.15, 0.2) is 48.5 Å². The third-order valence-corrected chi connectivity index (χ3v) is 5.55. The van der Waals surface area contributed by atoms with E-state index in [1.807, 2.05) is 55.6 Å². The van der Waals surface area contributed by atoms with Crippen LogP contribution in [0, 0.1) is 5.92 Å². The van der Waals surface area contributed by atoms with Crippen LogP contribution in [0.4, 0.5) is 0 Å². The summed E-state index contributed by atoms with van der Waals surface area (Å²) in [6.07, 6.45) is 2.36. The SMILES string of the molecule is COc1cc(CN(C)C(=O)CN2CCC(C)CC2)ccc1OCc1ccccc1. The second-order valence-corrected chi connectivity index (χ2v) is 7.97. The lowest BCUT2D eigenvalue weighted by molar-refractivity contribution is -0.132. The summed E-state index contributed by atoms with van der Waals surface area (Å²) in [4.78, 5) is 16.7. The second kappa shape index (κ2) is 10.3. The molecule has 1 amide bonds. The number of carbonyl (C=O) groups excluding carboxylic acids is 1. The molecule has 1 saturated heterocycles. The summed E-state index contributed by atoms with van der Waals surface area (Å²) in [5, 5.41) is 0. The number of methoxy groups -OCH3 is 1. The Morgan fingerprint density at radius 3 is 2.48 bits per heavy atom. The number of likely N-dealkylation sites (tertiary alicyclic amines) is 1. The Morgan fingerprint density at radius 1 is 1.07 bits per heavy atom. The van der Waals surface area contributed by atoms with Gasteiger partial charge in [0.2, 0.25) is 5.91 Å². The molecule has 29 heavy (non-hydrogen) atoms. The molecule has 1 aliphatic heterocycles. The molecule has 0 radical (unpaired) electrons. The van der Waals surface area contributed by atoms with Crippen molar-refractivity contribution in [1.82, 2.24) is 9.80 Å². The predicted octanol–water partition coefficient (Wildman–Crippen LogP) is 3.96. The first-order valence-electron chi connectivity index (χ1n) is 10.3. The Hall–Kier alpha value is -2.53. The minimum atomic E-state index is 0.155. The van der Waals surface area contributed by atoms with Crippen molar-refractivity contribution >= 4 is 5.91 Å². The fraction of sp³-hybridized carbons (Fsp3) is 0.458. The molecule has 0 aromatic heterocycles. The monoisotopic (exact) mass is 396 g/mol. The van der Waals surface area contributed by atoms with Crippen molar-refractivity contribution in [3.63, 3.8) is 0 Å². The van der Waals surface area contributed by atoms with E-state index in [9.17, 15) is 4.79 Å². The van der Waals surface area contributed by atoms with Gasteiger partial charge in [-0.15, -0.1) is 0 Å². The fourth-order valence-electron chi connectivity index (χ4n) is 3.56. The second-order valence-electron chi connectivity index (χ2n) is 7.97. The molecule has 0 bridgehead atoms. The van der Waals surface area contributed by atoms with Gasteiger partial charge in [0.1, 0.15) is 6.61 Å². The van der Waals surface area contributed by atoms with E-state index in [2.05, 4.69) is 11.8 Å². The Bertz CT molecular complexity index is 786. The molecule has 1 aliphatic rings. The lowest BCUT2D eigenvalue weighted by Crippen LogP contribution is -2.41. The first-order chi connectivity index (χ1) is 14.0. The summed E-state index contributed by atoms with van der Waals surface area (Å²) in [5.41, 5.74) is 2.13. The number of amides is 1. The largest absolute Gasteiger partial charge is 0.493 e. The van der Waals surface area contributed by atoms with Crippen LogP contribution in [0.25, 0.3) is 0 Å². The molecule has 0 saturated carbocycles. The van der Waals surface area contributed by atoms with Gasteiger partial charge >= 0.3 is 0 Å². The number of carbonyl (C=O) groups is 1. The zero-order valence-corrected chi connectivity index (χ0v) is 17.8. The number of benzene rings is 2. The number of hydrogen-bond donors (Lipinski definition) is 0. The van der Waals surface area contributed by atoms with E-state index in [0.29, 0.717) is 31.2 Å². The predicted molar refractivity (Wildman–Crippen MR) is 115 cm³/mol. The lowest BCUT2D eigenvalue weighted by atomic mass is 9.99. The quantitative estimate of drug-likeness (QED) is 0.677. The Kier molecular flexibility index (Phi) is 7.53. The summed E-state index contributed by atoms with van der Waals surface area (Å²) in [6, 6.07) is 15.9. The summed E-state index contributed by atoms with van der Waals surface area (Å²) < 4.78 is 11.4. The third kappa shape index (κ3) is 6.23. The van der Waals surface area contributed by atoms with Gasteiger partial charge in [-0.1, -0.05) is 43.3 Å². The van der Waals surface area contributed by atoms with Crippen LogP contribution in [0.3, 0.4) is 0 Å². The van der Waals surface area contributed by atoms with Gasteiger partial charge in [-0.25, -0.2) is 0 Å². The molecule has 5 heteroatoms. The van der Waals surface area contributed by atoms with Crippen LogP contribution in [0.2, 0.25) is 0 Å². The molecule has 3 rings (SSSR count). The van der Waals surface area contributed by atoms with Crippen LogP contribution in [0.1, 0.15) is 30.9 Å². The van der Waals surface area contributed by atoms with Gasteiger partial charge in [0.05, 0.1) is 13.7 Å². The normalized spacial score (nSPS) is 15.1. The van der Waals surface area contributed by atoms with Gasteiger partial charge in [-0.2, -0.15) is 0 Å². The van der Waals surface area contributed by atoms with Crippen molar-refractivity contribution in [2.45, 2.75) is 32.9 Å². The zero-order valence-electron chi connectivity index (χ0n) is 17.8. The van der Waals surface area contributed by atoms with Gasteiger partial charge in [0, 0.05) is 13.6 Å². The van der Waals surface area contributed by atoms with Gasteiger partial charge in [-0.05, 0) is 55.1 Å². The molecule has 1 fully saturated rings. The maximum Gasteiger partial charge on any atom is 0.236 e. The van der Waals surface area contributed by atoms with Crippen molar-refractivity contribution < 1.29 is 14.3 Å². The molecule has 0 unspecified atom stereocenters. The van der Waals surface area contributed by atoms with Crippen LogP contribution in [0.5, 0.6) is 11.5 Å². The highest BCUT2D eigenvalue weighted by molar-refractivity contribution is 5.78. The molecule has 156 valence electrons. The van der Waals surface area contributed by atoms with Gasteiger partial charge in [-0.3, -0.25) is 9.69 Å². The van der Waals surface area contributed by atoms with Crippen molar-refractivity contribution in [2.24, 2.45) is 5.92 Å². The van der Waals surface area contributed by atoms with Crippen LogP contribution < -0.4 is 9.47 Å². The molecule has 2 aromatic carbocycles. The smallest absolute Gasteiger partial charge is 0.236 e. The number of ether oxygens (including phenoxy) is 2. The number of hydrogen-bond acceptors (Lipinski definition) is 4. The molecule has 2 aromatic rings. The van der Waals surface area contributed by atoms with Gasteiger partial charge in [0.25, 0.3) is 0 Å². The topological polar surface area (TPSA) is 42.0 Å². The van der Waals surface area contributed by atoms with E-state index in [1.54, 1.807) is 12.0 Å². The molecule has 1 heterocycles. The first kappa shape index (κ1) is 21.2. The lowest BCUT2D eigenvalue weighted by Gasteiger charge is -2.31. The van der Waals surface area contributed by atoms with E-state index in [0.717, 1.165) is 30.1 Å². The van der Waals surface area contributed by atoms with Crippen LogP contribution in [-0.2, 0) is 17.9 Å². The van der Waals surface area contributed by atoms with Crippen LogP contribution >= 0.6 is 0 Å². The van der Waals surface area contributed by atoms with Crippen molar-refractivity contribution in [2.75, 3.05) is 33.8 Å². The molecule has 0 atom stereocenters. The minimum Gasteiger partial charge on any atom is -0.493 e. The van der Waals surface area contributed by atoms with E-state index >= 15 is 0 Å². The van der Waals surface area contributed by atoms with Gasteiger partial charge in [0.15, 0.2) is 11.5 Å². The van der Waals surface area contributed by atoms with E-state index in [-0.39, 0.29) is 5.91 Å². The average Bonchev–Trinajstić information content (AvgIpc) is 2.75. The Balaban J connectivity index is 1.55. The minimum absolute atomic E-state index is 0.155. The first-order valence-corrected chi connectivity index (χ1v) is 10.3. The number of likely N-dealkylation sites (N-methyl/N-ethyl adjacent to an activating group) is 1. The maximum absolute atomic E-state index is 12.6.